The molecule has 0 saturated heterocycles. The van der Waals surface area contributed by atoms with Crippen molar-refractivity contribution in [1.29, 1.82) is 5.41 Å². The highest BCUT2D eigenvalue weighted by atomic mass is 32.2. The number of nitrogens with one attached hydrogen (secondary N) is 5. The van der Waals surface area contributed by atoms with Crippen molar-refractivity contribution in [3.05, 3.63) is 165 Å². The predicted octanol–water partition coefficient (Wildman–Crippen LogP) is 2.60. The van der Waals surface area contributed by atoms with Gasteiger partial charge in [-0.3, -0.25) is 70.7 Å². The van der Waals surface area contributed by atoms with Crippen LogP contribution in [0.15, 0.2) is 122 Å². The number of carbonyl (C=O) groups excluding carboxylic acids is 1. The Hall–Kier alpha value is -8.40. The standard InChI is InChI=1S/C34H23N11O14S2/c35-31-26(39-37-18-3-1-17(2-4-18)36-25-12-10-22(45(52)53)14-30(25)61(57,58)59)15-27(34(47)33(31)42-38-19-5-7-20(8-6-19)43(48)49)40-41-32-23-11-9-21(44(50)51)13-24(23)29(16-28(32)46)60(54,55)56/h1-16,35-38,40H,(H,54,55,56)(H,57,58,59). The molecule has 1 aliphatic rings. The predicted molar refractivity (Wildman–Crippen MR) is 213 cm³/mol. The Labute approximate surface area is 338 Å². The number of hydrogen-bond donors (Lipinski definition) is 7. The van der Waals surface area contributed by atoms with Crippen molar-refractivity contribution in [1.82, 2.24) is 0 Å². The Bertz CT molecular complexity index is 3240. The molecule has 7 N–H and O–H groups in total. The number of nitrogens with zero attached hydrogens (tertiary/aromatic N) is 6. The number of hydrazone groups is 1. The number of ketones is 1. The van der Waals surface area contributed by atoms with E-state index in [2.05, 4.69) is 36.9 Å². The molecule has 0 saturated carbocycles. The van der Waals surface area contributed by atoms with Gasteiger partial charge in [0, 0.05) is 59.3 Å². The second-order valence-electron chi connectivity index (χ2n) is 12.3. The first-order valence-corrected chi connectivity index (χ1v) is 19.4. The molecule has 27 heteroatoms. The lowest BCUT2D eigenvalue weighted by molar-refractivity contribution is -0.385. The molecule has 0 radical (unpaired) electrons. The maximum Gasteiger partial charge on any atom is 0.296 e. The molecule has 0 atom stereocenters. The van der Waals surface area contributed by atoms with Crippen LogP contribution in [-0.4, -0.2) is 52.2 Å². The van der Waals surface area contributed by atoms with Gasteiger partial charge in [0.15, 0.2) is 5.36 Å². The minimum absolute atomic E-state index is 0.158. The molecule has 61 heavy (non-hydrogen) atoms. The number of fused-ring (bicyclic) bond motifs is 1. The average molecular weight is 874 g/mol. The second kappa shape index (κ2) is 16.5. The summed E-state index contributed by atoms with van der Waals surface area (Å²) in [6.07, 6.45) is 0.479. The fourth-order valence-corrected chi connectivity index (χ4v) is 6.81. The second-order valence-corrected chi connectivity index (χ2v) is 15.0. The van der Waals surface area contributed by atoms with Crippen LogP contribution in [0.1, 0.15) is 11.1 Å². The largest absolute Gasteiger partial charge is 0.354 e. The lowest BCUT2D eigenvalue weighted by Crippen LogP contribution is -2.49. The third-order valence-corrected chi connectivity index (χ3v) is 10.1. The Kier molecular flexibility index (Phi) is 11.4. The van der Waals surface area contributed by atoms with E-state index in [1.807, 2.05) is 0 Å². The van der Waals surface area contributed by atoms with Crippen molar-refractivity contribution in [3.8, 4) is 0 Å². The van der Waals surface area contributed by atoms with E-state index in [4.69, 9.17) is 5.41 Å². The van der Waals surface area contributed by atoms with Crippen LogP contribution < -0.4 is 43.1 Å². The van der Waals surface area contributed by atoms with Gasteiger partial charge in [-0.15, -0.1) is 0 Å². The summed E-state index contributed by atoms with van der Waals surface area (Å²) in [6, 6.07) is 17.1. The number of anilines is 5. The van der Waals surface area contributed by atoms with Gasteiger partial charge in [0.1, 0.15) is 31.9 Å². The van der Waals surface area contributed by atoms with Crippen molar-refractivity contribution in [2.24, 2.45) is 15.3 Å². The number of nitro benzene ring substituents is 3. The zero-order chi connectivity index (χ0) is 44.4. The Morgan fingerprint density at radius 1 is 0.590 bits per heavy atom. The molecule has 0 bridgehead atoms. The quantitative estimate of drug-likeness (QED) is 0.0507. The summed E-state index contributed by atoms with van der Waals surface area (Å²) in [5.41, 5.74) is 3.81. The van der Waals surface area contributed by atoms with Crippen LogP contribution in [0.5, 0.6) is 0 Å². The van der Waals surface area contributed by atoms with Crippen LogP contribution in [0.3, 0.4) is 0 Å². The number of rotatable bonds is 13. The summed E-state index contributed by atoms with van der Waals surface area (Å²) >= 11 is 0. The lowest BCUT2D eigenvalue weighted by atomic mass is 9.94. The summed E-state index contributed by atoms with van der Waals surface area (Å²) < 4.78 is 67.4. The van der Waals surface area contributed by atoms with Gasteiger partial charge in [-0.25, -0.2) is 0 Å². The number of carbonyl (C=O) groups is 1. The molecule has 5 aromatic carbocycles. The van der Waals surface area contributed by atoms with Gasteiger partial charge >= 0.3 is 0 Å². The number of non-ortho nitro benzene ring substituents is 3. The fourth-order valence-electron chi connectivity index (χ4n) is 5.44. The minimum Gasteiger partial charge on any atom is -0.354 e. The summed E-state index contributed by atoms with van der Waals surface area (Å²) in [6.45, 7) is 0. The van der Waals surface area contributed by atoms with E-state index in [1.54, 1.807) is 0 Å². The van der Waals surface area contributed by atoms with E-state index in [0.29, 0.717) is 12.1 Å². The van der Waals surface area contributed by atoms with E-state index in [9.17, 15) is 65.9 Å². The first kappa shape index (κ1) is 42.2. The Morgan fingerprint density at radius 2 is 1.13 bits per heavy atom. The molecule has 0 spiro atoms. The van der Waals surface area contributed by atoms with Crippen LogP contribution in [0.25, 0.3) is 4.91 Å². The van der Waals surface area contributed by atoms with Gasteiger partial charge in [0.25, 0.3) is 37.3 Å². The Balaban J connectivity index is 1.38. The maximum absolute atomic E-state index is 13.7. The molecule has 0 unspecified atom stereocenters. The third-order valence-electron chi connectivity index (χ3n) is 8.33. The van der Waals surface area contributed by atoms with Crippen molar-refractivity contribution in [3.63, 3.8) is 0 Å². The van der Waals surface area contributed by atoms with Crippen LogP contribution in [-0.2, 0) is 25.0 Å². The van der Waals surface area contributed by atoms with Crippen LogP contribution >= 0.6 is 0 Å². The highest BCUT2D eigenvalue weighted by Crippen LogP contribution is 2.32. The smallest absolute Gasteiger partial charge is 0.296 e. The van der Waals surface area contributed by atoms with Crippen molar-refractivity contribution < 1.29 is 45.5 Å². The molecular weight excluding hydrogens is 851 g/mol. The third kappa shape index (κ3) is 9.34. The molecule has 1 aliphatic carbocycles. The number of allylic oxidation sites excluding steroid dienone is 1. The van der Waals surface area contributed by atoms with Gasteiger partial charge in [0.05, 0.1) is 31.8 Å². The highest BCUT2D eigenvalue weighted by Gasteiger charge is 2.32. The maximum atomic E-state index is 13.7. The number of nitro groups is 3. The molecule has 5 aromatic rings. The molecule has 0 fully saturated rings. The summed E-state index contributed by atoms with van der Waals surface area (Å²) in [4.78, 5) is 56.4. The van der Waals surface area contributed by atoms with Gasteiger partial charge in [-0.05, 0) is 54.6 Å². The molecular formula is C34H23N11O14S2. The van der Waals surface area contributed by atoms with Gasteiger partial charge in [-0.1, -0.05) is 0 Å². The van der Waals surface area contributed by atoms with Crippen LogP contribution in [0.4, 0.5) is 45.5 Å². The molecule has 0 aliphatic heterocycles. The van der Waals surface area contributed by atoms with E-state index in [-0.39, 0.29) is 39.4 Å². The zero-order valence-corrected chi connectivity index (χ0v) is 31.7. The van der Waals surface area contributed by atoms with E-state index in [0.717, 1.165) is 48.5 Å². The van der Waals surface area contributed by atoms with Crippen molar-refractivity contribution in [2.75, 3.05) is 21.6 Å². The number of benzene rings is 5. The fraction of sp³-hybridized carbons (Fsp3) is 0. The van der Waals surface area contributed by atoms with Crippen LogP contribution in [0.2, 0.25) is 0 Å². The SMILES string of the molecule is N=c1c(=NNc2ccc(Nc3ccc([N+](=O)[O-])cc3S(=O)(=O)O)cc2)cc(NN=C2C(=O)C=C(S(=O)(=O)O)c3cc([N+](=O)[O-])ccc32)c(=O)c1=NNc1ccc([N+](=O)[O-])cc1. The van der Waals surface area contributed by atoms with Gasteiger partial charge < -0.3 is 5.32 Å². The summed E-state index contributed by atoms with van der Waals surface area (Å²) in [7, 11) is -9.97. The molecule has 0 aromatic heterocycles. The average Bonchev–Trinajstić information content (AvgIpc) is 3.20. The van der Waals surface area contributed by atoms with E-state index < -0.39 is 95.1 Å². The molecule has 0 amide bonds. The topological polar surface area (TPSA) is 381 Å². The summed E-state index contributed by atoms with van der Waals surface area (Å²) in [5, 5.41) is 55.7. The summed E-state index contributed by atoms with van der Waals surface area (Å²) in [5.74, 6) is -1.09. The van der Waals surface area contributed by atoms with Crippen molar-refractivity contribution >= 4 is 82.1 Å². The normalized spacial score (nSPS) is 13.9. The van der Waals surface area contributed by atoms with Crippen molar-refractivity contribution in [2.45, 2.75) is 4.90 Å². The zero-order valence-electron chi connectivity index (χ0n) is 30.0. The number of hydrogen-bond acceptors (Lipinski definition) is 20. The molecule has 310 valence electrons. The lowest BCUT2D eigenvalue weighted by Gasteiger charge is -2.16. The first-order chi connectivity index (χ1) is 28.7. The first-order valence-electron chi connectivity index (χ1n) is 16.5. The molecule has 0 heterocycles. The van der Waals surface area contributed by atoms with Gasteiger partial charge in [0.2, 0.25) is 11.2 Å². The van der Waals surface area contributed by atoms with E-state index >= 15 is 0 Å². The molecule has 25 nitrogen and oxygen atoms in total. The Morgan fingerprint density at radius 3 is 1.72 bits per heavy atom. The van der Waals surface area contributed by atoms with Crippen LogP contribution in [0, 0.1) is 35.8 Å². The highest BCUT2D eigenvalue weighted by molar-refractivity contribution is 7.95. The minimum atomic E-state index is -5.08. The molecule has 6 rings (SSSR count). The van der Waals surface area contributed by atoms with E-state index in [1.165, 1.54) is 36.4 Å². The monoisotopic (exact) mass is 873 g/mol. The van der Waals surface area contributed by atoms with Gasteiger partial charge in [-0.2, -0.15) is 32.1 Å².